The van der Waals surface area contributed by atoms with Crippen molar-refractivity contribution in [2.45, 2.75) is 13.5 Å². The lowest BCUT2D eigenvalue weighted by Gasteiger charge is -2.36. The SMILES string of the molecule is COc1ccc(C(=O)N2CCN(c3nc(CN4CCN(c5cccc(C)c5)CC4)cc(=O)[nH]3)CC2)cc1. The van der Waals surface area contributed by atoms with E-state index in [4.69, 9.17) is 9.72 Å². The van der Waals surface area contributed by atoms with Crippen molar-refractivity contribution in [3.8, 4) is 5.75 Å². The third kappa shape index (κ3) is 5.94. The number of carbonyl (C=O) groups excluding carboxylic acids is 1. The maximum atomic E-state index is 12.9. The van der Waals surface area contributed by atoms with Gasteiger partial charge < -0.3 is 19.4 Å². The number of nitrogens with zero attached hydrogens (tertiary/aromatic N) is 5. The van der Waals surface area contributed by atoms with E-state index < -0.39 is 0 Å². The lowest BCUT2D eigenvalue weighted by Crippen LogP contribution is -2.49. The number of nitrogens with one attached hydrogen (secondary N) is 1. The summed E-state index contributed by atoms with van der Waals surface area (Å²) in [5.41, 5.74) is 3.81. The minimum atomic E-state index is -0.143. The van der Waals surface area contributed by atoms with Crippen molar-refractivity contribution in [3.05, 3.63) is 81.8 Å². The molecule has 0 aliphatic carbocycles. The Morgan fingerprint density at radius 3 is 2.30 bits per heavy atom. The predicted octanol–water partition coefficient (Wildman–Crippen LogP) is 2.37. The smallest absolute Gasteiger partial charge is 0.253 e. The number of carbonyl (C=O) groups is 1. The highest BCUT2D eigenvalue weighted by molar-refractivity contribution is 5.94. The summed E-state index contributed by atoms with van der Waals surface area (Å²) < 4.78 is 5.18. The van der Waals surface area contributed by atoms with Crippen molar-refractivity contribution in [3.63, 3.8) is 0 Å². The Morgan fingerprint density at radius 1 is 0.919 bits per heavy atom. The second kappa shape index (κ2) is 11.0. The molecule has 0 saturated carbocycles. The largest absolute Gasteiger partial charge is 0.497 e. The first kappa shape index (κ1) is 24.8. The van der Waals surface area contributed by atoms with E-state index in [1.807, 2.05) is 4.90 Å². The number of rotatable bonds is 6. The minimum Gasteiger partial charge on any atom is -0.497 e. The number of amides is 1. The highest BCUT2D eigenvalue weighted by Gasteiger charge is 2.24. The van der Waals surface area contributed by atoms with Crippen molar-refractivity contribution in [2.75, 3.05) is 69.3 Å². The van der Waals surface area contributed by atoms with Crippen LogP contribution in [-0.4, -0.2) is 85.1 Å². The molecule has 3 heterocycles. The Balaban J connectivity index is 1.17. The summed E-state index contributed by atoms with van der Waals surface area (Å²) in [5.74, 6) is 1.31. The molecule has 37 heavy (non-hydrogen) atoms. The van der Waals surface area contributed by atoms with E-state index in [9.17, 15) is 9.59 Å². The maximum Gasteiger partial charge on any atom is 0.253 e. The van der Waals surface area contributed by atoms with Gasteiger partial charge in [-0.05, 0) is 48.9 Å². The van der Waals surface area contributed by atoms with Crippen LogP contribution < -0.4 is 20.1 Å². The molecule has 9 nitrogen and oxygen atoms in total. The van der Waals surface area contributed by atoms with Crippen LogP contribution >= 0.6 is 0 Å². The standard InChI is InChI=1S/C28H34N6O3/c1-21-4-3-5-24(18-21)32-12-10-31(11-13-32)20-23-19-26(35)30-28(29-23)34-16-14-33(15-17-34)27(36)22-6-8-25(37-2)9-7-22/h3-9,18-19H,10-17,20H2,1-2H3,(H,29,30,35). The average molecular weight is 503 g/mol. The number of aromatic nitrogens is 2. The number of aryl methyl sites for hydroxylation is 1. The van der Waals surface area contributed by atoms with Crippen LogP contribution in [0.2, 0.25) is 0 Å². The molecule has 194 valence electrons. The van der Waals surface area contributed by atoms with Crippen LogP contribution in [0.4, 0.5) is 11.6 Å². The molecule has 0 bridgehead atoms. The number of ether oxygens (including phenoxy) is 1. The zero-order chi connectivity index (χ0) is 25.8. The van der Waals surface area contributed by atoms with Gasteiger partial charge in [-0.1, -0.05) is 12.1 Å². The van der Waals surface area contributed by atoms with E-state index >= 15 is 0 Å². The molecule has 3 aromatic rings. The van der Waals surface area contributed by atoms with Crippen LogP contribution in [0.5, 0.6) is 5.75 Å². The molecule has 0 radical (unpaired) electrons. The number of hydrogen-bond acceptors (Lipinski definition) is 7. The number of piperazine rings is 2. The molecule has 0 atom stereocenters. The Morgan fingerprint density at radius 2 is 1.62 bits per heavy atom. The Hall–Kier alpha value is -3.85. The normalized spacial score (nSPS) is 16.6. The lowest BCUT2D eigenvalue weighted by atomic mass is 10.1. The first-order valence-electron chi connectivity index (χ1n) is 12.8. The molecule has 2 fully saturated rings. The van der Waals surface area contributed by atoms with Gasteiger partial charge in [-0.15, -0.1) is 0 Å². The highest BCUT2D eigenvalue weighted by atomic mass is 16.5. The summed E-state index contributed by atoms with van der Waals surface area (Å²) in [6.45, 7) is 8.87. The second-order valence-corrected chi connectivity index (χ2v) is 9.67. The van der Waals surface area contributed by atoms with Crippen LogP contribution in [-0.2, 0) is 6.54 Å². The molecular formula is C28H34N6O3. The molecule has 0 unspecified atom stereocenters. The fourth-order valence-electron chi connectivity index (χ4n) is 4.98. The Kier molecular flexibility index (Phi) is 7.41. The van der Waals surface area contributed by atoms with Gasteiger partial charge in [0, 0.05) is 76.2 Å². The summed E-state index contributed by atoms with van der Waals surface area (Å²) in [7, 11) is 1.61. The van der Waals surface area contributed by atoms with Gasteiger partial charge in [-0.3, -0.25) is 19.5 Å². The lowest BCUT2D eigenvalue weighted by molar-refractivity contribution is 0.0746. The zero-order valence-corrected chi connectivity index (χ0v) is 21.5. The van der Waals surface area contributed by atoms with Crippen molar-refractivity contribution in [1.29, 1.82) is 0 Å². The topological polar surface area (TPSA) is 85.0 Å². The fourth-order valence-corrected chi connectivity index (χ4v) is 4.98. The monoisotopic (exact) mass is 502 g/mol. The molecule has 2 aliphatic heterocycles. The van der Waals surface area contributed by atoms with Crippen LogP contribution in [0, 0.1) is 6.92 Å². The summed E-state index contributed by atoms with van der Waals surface area (Å²) in [6.07, 6.45) is 0. The Bertz CT molecular complexity index is 1280. The number of hydrogen-bond donors (Lipinski definition) is 1. The van der Waals surface area contributed by atoms with Gasteiger partial charge in [0.15, 0.2) is 0 Å². The summed E-state index contributed by atoms with van der Waals surface area (Å²) in [5, 5.41) is 0. The molecule has 1 aromatic heterocycles. The van der Waals surface area contributed by atoms with Gasteiger partial charge in [0.1, 0.15) is 5.75 Å². The van der Waals surface area contributed by atoms with E-state index in [0.717, 1.165) is 37.6 Å². The summed E-state index contributed by atoms with van der Waals surface area (Å²) >= 11 is 0. The predicted molar refractivity (Wildman–Crippen MR) is 145 cm³/mol. The molecule has 9 heteroatoms. The van der Waals surface area contributed by atoms with Crippen LogP contribution in [0.3, 0.4) is 0 Å². The van der Waals surface area contributed by atoms with Crippen LogP contribution in [0.15, 0.2) is 59.4 Å². The van der Waals surface area contributed by atoms with E-state index in [1.54, 1.807) is 37.4 Å². The van der Waals surface area contributed by atoms with E-state index in [1.165, 1.54) is 11.3 Å². The summed E-state index contributed by atoms with van der Waals surface area (Å²) in [6, 6.07) is 17.4. The Labute approximate surface area is 217 Å². The second-order valence-electron chi connectivity index (χ2n) is 9.67. The van der Waals surface area contributed by atoms with Gasteiger partial charge in [-0.2, -0.15) is 0 Å². The third-order valence-electron chi connectivity index (χ3n) is 7.11. The number of methoxy groups -OCH3 is 1. The van der Waals surface area contributed by atoms with Crippen LogP contribution in [0.1, 0.15) is 21.6 Å². The molecular weight excluding hydrogens is 468 g/mol. The average Bonchev–Trinajstić information content (AvgIpc) is 2.93. The van der Waals surface area contributed by atoms with Crippen molar-refractivity contribution >= 4 is 17.5 Å². The fraction of sp³-hybridized carbons (Fsp3) is 0.393. The molecule has 0 spiro atoms. The highest BCUT2D eigenvalue weighted by Crippen LogP contribution is 2.19. The molecule has 2 saturated heterocycles. The minimum absolute atomic E-state index is 0.00214. The summed E-state index contributed by atoms with van der Waals surface area (Å²) in [4.78, 5) is 41.7. The maximum absolute atomic E-state index is 12.9. The van der Waals surface area contributed by atoms with E-state index in [-0.39, 0.29) is 11.5 Å². The number of aromatic amines is 1. The quantitative estimate of drug-likeness (QED) is 0.554. The van der Waals surface area contributed by atoms with Crippen molar-refractivity contribution in [1.82, 2.24) is 19.8 Å². The number of H-pyrrole nitrogens is 1. The van der Waals surface area contributed by atoms with E-state index in [2.05, 4.69) is 50.9 Å². The first-order chi connectivity index (χ1) is 18.0. The van der Waals surface area contributed by atoms with E-state index in [0.29, 0.717) is 44.2 Å². The molecule has 2 aromatic carbocycles. The van der Waals surface area contributed by atoms with Gasteiger partial charge >= 0.3 is 0 Å². The molecule has 1 amide bonds. The van der Waals surface area contributed by atoms with Gasteiger partial charge in [0.2, 0.25) is 5.95 Å². The van der Waals surface area contributed by atoms with Crippen LogP contribution in [0.25, 0.3) is 0 Å². The first-order valence-corrected chi connectivity index (χ1v) is 12.8. The third-order valence-corrected chi connectivity index (χ3v) is 7.11. The molecule has 5 rings (SSSR count). The van der Waals surface area contributed by atoms with Crippen molar-refractivity contribution in [2.24, 2.45) is 0 Å². The molecule has 1 N–H and O–H groups in total. The molecule has 2 aliphatic rings. The zero-order valence-electron chi connectivity index (χ0n) is 21.5. The van der Waals surface area contributed by atoms with Crippen molar-refractivity contribution < 1.29 is 9.53 Å². The van der Waals surface area contributed by atoms with Gasteiger partial charge in [-0.25, -0.2) is 4.98 Å². The number of anilines is 2. The van der Waals surface area contributed by atoms with Gasteiger partial charge in [0.25, 0.3) is 11.5 Å². The van der Waals surface area contributed by atoms with Gasteiger partial charge in [0.05, 0.1) is 12.8 Å². The number of benzene rings is 2.